The Kier molecular flexibility index (Phi) is 10.3. The number of H-pyrrole nitrogens is 1. The predicted molar refractivity (Wildman–Crippen MR) is 133 cm³/mol. The first-order chi connectivity index (χ1) is 13.8. The molecule has 0 bridgehead atoms. The first-order valence-corrected chi connectivity index (χ1v) is 10.8. The van der Waals surface area contributed by atoms with E-state index in [1.54, 1.807) is 0 Å². The number of hydrogen-bond acceptors (Lipinski definition) is 2. The summed E-state index contributed by atoms with van der Waals surface area (Å²) in [5.74, 6) is 0.918. The van der Waals surface area contributed by atoms with E-state index in [-0.39, 0.29) is 24.0 Å². The molecular formula is C23H37IN4O. The quantitative estimate of drug-likeness (QED) is 0.184. The monoisotopic (exact) mass is 512 g/mol. The maximum absolute atomic E-state index is 5.62. The van der Waals surface area contributed by atoms with Crippen LogP contribution in [0.1, 0.15) is 51.0 Å². The summed E-state index contributed by atoms with van der Waals surface area (Å²) in [6.07, 6.45) is 10.7. The fourth-order valence-corrected chi connectivity index (χ4v) is 4.39. The minimum atomic E-state index is 0. The highest BCUT2D eigenvalue weighted by Crippen LogP contribution is 2.40. The summed E-state index contributed by atoms with van der Waals surface area (Å²) >= 11 is 0. The lowest BCUT2D eigenvalue weighted by molar-refractivity contribution is 0.105. The molecule has 1 aromatic heterocycles. The number of aromatic nitrogens is 1. The van der Waals surface area contributed by atoms with E-state index < -0.39 is 0 Å². The molecule has 0 unspecified atom stereocenters. The van der Waals surface area contributed by atoms with Crippen molar-refractivity contribution in [2.24, 2.45) is 10.4 Å². The van der Waals surface area contributed by atoms with E-state index in [2.05, 4.69) is 58.0 Å². The number of nitrogens with zero attached hydrogens (tertiary/aromatic N) is 1. The van der Waals surface area contributed by atoms with Crippen molar-refractivity contribution < 1.29 is 4.74 Å². The summed E-state index contributed by atoms with van der Waals surface area (Å²) < 4.78 is 5.62. The zero-order chi connectivity index (χ0) is 19.7. The summed E-state index contributed by atoms with van der Waals surface area (Å²) in [6.45, 7) is 5.66. The van der Waals surface area contributed by atoms with Crippen LogP contribution >= 0.6 is 24.0 Å². The Bertz CT molecular complexity index is 752. The molecule has 1 aliphatic rings. The lowest BCUT2D eigenvalue weighted by Gasteiger charge is -2.30. The maximum atomic E-state index is 5.62. The molecule has 0 spiro atoms. The molecule has 1 fully saturated rings. The third kappa shape index (κ3) is 6.88. The Morgan fingerprint density at radius 2 is 2.00 bits per heavy atom. The third-order valence-corrected chi connectivity index (χ3v) is 6.09. The third-order valence-electron chi connectivity index (χ3n) is 6.09. The predicted octanol–water partition coefficient (Wildman–Crippen LogP) is 4.87. The second-order valence-corrected chi connectivity index (χ2v) is 7.97. The van der Waals surface area contributed by atoms with Gasteiger partial charge in [-0.2, -0.15) is 0 Å². The molecule has 0 saturated heterocycles. The second-order valence-electron chi connectivity index (χ2n) is 7.97. The van der Waals surface area contributed by atoms with Crippen molar-refractivity contribution in [3.05, 3.63) is 36.0 Å². The molecule has 5 nitrogen and oxygen atoms in total. The smallest absolute Gasteiger partial charge is 0.190 e. The molecule has 0 amide bonds. The molecule has 0 radical (unpaired) electrons. The zero-order valence-corrected chi connectivity index (χ0v) is 20.3. The Balaban J connectivity index is 0.00000300. The number of hydrogen-bond donors (Lipinski definition) is 3. The number of rotatable bonds is 10. The molecule has 3 N–H and O–H groups in total. The molecule has 1 heterocycles. The van der Waals surface area contributed by atoms with Crippen molar-refractivity contribution in [1.29, 1.82) is 0 Å². The van der Waals surface area contributed by atoms with Gasteiger partial charge in [0, 0.05) is 50.5 Å². The van der Waals surface area contributed by atoms with Gasteiger partial charge in [0.1, 0.15) is 0 Å². The van der Waals surface area contributed by atoms with Crippen molar-refractivity contribution in [3.8, 4) is 0 Å². The average Bonchev–Trinajstić information content (AvgIpc) is 3.35. The number of aryl methyl sites for hydroxylation is 1. The molecule has 1 aromatic carbocycles. The number of guanidine groups is 1. The number of aliphatic imine (C=N–C) groups is 1. The normalized spacial score (nSPS) is 16.0. The van der Waals surface area contributed by atoms with Gasteiger partial charge in [-0.3, -0.25) is 4.99 Å². The minimum Gasteiger partial charge on any atom is -0.382 e. The largest absolute Gasteiger partial charge is 0.382 e. The van der Waals surface area contributed by atoms with E-state index in [9.17, 15) is 0 Å². The Morgan fingerprint density at radius 1 is 1.21 bits per heavy atom. The first-order valence-electron chi connectivity index (χ1n) is 10.8. The standard InChI is InChI=1S/C23H36N4O.HI/c1-3-28-16-14-23(12-6-7-13-23)18-27-22(24-2)25-15-8-9-19-17-26-21-11-5-4-10-20(19)21;/h4-5,10-11,17,26H,3,6-9,12-16,18H2,1-2H3,(H2,24,25,27);1H. The number of halogens is 1. The van der Waals surface area contributed by atoms with E-state index in [1.807, 2.05) is 7.05 Å². The number of nitrogens with one attached hydrogen (secondary N) is 3. The van der Waals surface area contributed by atoms with Crippen LogP contribution in [0.2, 0.25) is 0 Å². The van der Waals surface area contributed by atoms with Crippen LogP contribution in [0, 0.1) is 5.41 Å². The zero-order valence-electron chi connectivity index (χ0n) is 17.9. The number of ether oxygens (including phenoxy) is 1. The molecule has 6 heteroatoms. The van der Waals surface area contributed by atoms with Gasteiger partial charge in [0.2, 0.25) is 0 Å². The summed E-state index contributed by atoms with van der Waals surface area (Å²) in [4.78, 5) is 7.78. The summed E-state index contributed by atoms with van der Waals surface area (Å²) in [5.41, 5.74) is 2.98. The second kappa shape index (κ2) is 12.4. The molecule has 0 atom stereocenters. The number of aromatic amines is 1. The number of para-hydroxylation sites is 1. The van der Waals surface area contributed by atoms with Crippen molar-refractivity contribution in [2.75, 3.05) is 33.4 Å². The number of benzene rings is 1. The molecule has 3 rings (SSSR count). The van der Waals surface area contributed by atoms with Crippen LogP contribution in [-0.2, 0) is 11.2 Å². The topological polar surface area (TPSA) is 61.4 Å². The number of fused-ring (bicyclic) bond motifs is 1. The molecule has 0 aliphatic heterocycles. The minimum absolute atomic E-state index is 0. The van der Waals surface area contributed by atoms with Crippen LogP contribution in [0.4, 0.5) is 0 Å². The van der Waals surface area contributed by atoms with Crippen LogP contribution in [0.3, 0.4) is 0 Å². The van der Waals surface area contributed by atoms with Crippen LogP contribution in [-0.4, -0.2) is 44.3 Å². The Morgan fingerprint density at radius 3 is 2.76 bits per heavy atom. The van der Waals surface area contributed by atoms with E-state index >= 15 is 0 Å². The molecule has 1 aliphatic carbocycles. The SMILES string of the molecule is CCOCCC1(CNC(=NC)NCCCc2c[nH]c3ccccc23)CCCC1.I. The van der Waals surface area contributed by atoms with Crippen molar-refractivity contribution in [2.45, 2.75) is 51.9 Å². The molecule has 162 valence electrons. The molecule has 29 heavy (non-hydrogen) atoms. The Hall–Kier alpha value is -1.28. The first kappa shape index (κ1) is 24.0. The lowest BCUT2D eigenvalue weighted by Crippen LogP contribution is -2.43. The maximum Gasteiger partial charge on any atom is 0.190 e. The average molecular weight is 512 g/mol. The van der Waals surface area contributed by atoms with Crippen LogP contribution in [0.25, 0.3) is 10.9 Å². The summed E-state index contributed by atoms with van der Waals surface area (Å²) in [6, 6.07) is 8.51. The van der Waals surface area contributed by atoms with Crippen LogP contribution in [0.5, 0.6) is 0 Å². The van der Waals surface area contributed by atoms with Gasteiger partial charge in [-0.25, -0.2) is 0 Å². The van der Waals surface area contributed by atoms with Gasteiger partial charge in [-0.1, -0.05) is 31.0 Å². The molecule has 2 aromatic rings. The van der Waals surface area contributed by atoms with Crippen molar-refractivity contribution in [1.82, 2.24) is 15.6 Å². The van der Waals surface area contributed by atoms with E-state index in [0.29, 0.717) is 5.41 Å². The fraction of sp³-hybridized carbons (Fsp3) is 0.609. The van der Waals surface area contributed by atoms with Crippen LogP contribution < -0.4 is 10.6 Å². The van der Waals surface area contributed by atoms with Gasteiger partial charge in [-0.15, -0.1) is 24.0 Å². The Labute approximate surface area is 192 Å². The van der Waals surface area contributed by atoms with Crippen molar-refractivity contribution in [3.63, 3.8) is 0 Å². The van der Waals surface area contributed by atoms with Gasteiger partial charge in [0.05, 0.1) is 0 Å². The van der Waals surface area contributed by atoms with Crippen molar-refractivity contribution >= 4 is 40.8 Å². The fourth-order valence-electron chi connectivity index (χ4n) is 4.39. The molecule has 1 saturated carbocycles. The van der Waals surface area contributed by atoms with E-state index in [1.165, 1.54) is 42.1 Å². The highest BCUT2D eigenvalue weighted by atomic mass is 127. The molecular weight excluding hydrogens is 475 g/mol. The lowest BCUT2D eigenvalue weighted by atomic mass is 9.83. The van der Waals surface area contributed by atoms with Gasteiger partial charge < -0.3 is 20.4 Å². The van der Waals surface area contributed by atoms with Crippen LogP contribution in [0.15, 0.2) is 35.5 Å². The summed E-state index contributed by atoms with van der Waals surface area (Å²) in [7, 11) is 1.86. The van der Waals surface area contributed by atoms with E-state index in [4.69, 9.17) is 4.74 Å². The summed E-state index contributed by atoms with van der Waals surface area (Å²) in [5, 5.41) is 8.40. The van der Waals surface area contributed by atoms with Gasteiger partial charge in [0.25, 0.3) is 0 Å². The van der Waals surface area contributed by atoms with E-state index in [0.717, 1.165) is 51.5 Å². The van der Waals surface area contributed by atoms with Gasteiger partial charge in [0.15, 0.2) is 5.96 Å². The van der Waals surface area contributed by atoms with Gasteiger partial charge in [-0.05, 0) is 56.1 Å². The highest BCUT2D eigenvalue weighted by Gasteiger charge is 2.33. The van der Waals surface area contributed by atoms with Gasteiger partial charge >= 0.3 is 0 Å². The highest BCUT2D eigenvalue weighted by molar-refractivity contribution is 14.0.